The Hall–Kier alpha value is -3.48. The number of nitrogens with two attached hydrogens (primary N) is 1. The second-order valence-corrected chi connectivity index (χ2v) is 10.7. The lowest BCUT2D eigenvalue weighted by molar-refractivity contribution is -0.143. The van der Waals surface area contributed by atoms with E-state index in [0.717, 1.165) is 5.56 Å². The van der Waals surface area contributed by atoms with E-state index in [-0.39, 0.29) is 18.0 Å². The molecule has 2 atom stereocenters. The van der Waals surface area contributed by atoms with Crippen molar-refractivity contribution in [3.05, 3.63) is 65.7 Å². The van der Waals surface area contributed by atoms with Crippen molar-refractivity contribution < 1.29 is 41.2 Å². The van der Waals surface area contributed by atoms with Crippen LogP contribution in [0.2, 0.25) is 0 Å². The van der Waals surface area contributed by atoms with E-state index in [1.54, 1.807) is 70.2 Å². The van der Waals surface area contributed by atoms with Crippen LogP contribution in [-0.4, -0.2) is 50.9 Å². The van der Waals surface area contributed by atoms with Gasteiger partial charge in [-0.2, -0.15) is 8.42 Å². The normalized spacial score (nSPS) is 13.2. The average Bonchev–Trinajstić information content (AvgIpc) is 2.81. The fourth-order valence-electron chi connectivity index (χ4n) is 2.94. The lowest BCUT2D eigenvalue weighted by Crippen LogP contribution is -2.47. The zero-order valence-electron chi connectivity index (χ0n) is 21.1. The molecule has 0 aliphatic heterocycles. The molecule has 2 rings (SSSR count). The molecule has 0 aliphatic rings. The molecule has 37 heavy (non-hydrogen) atoms. The minimum atomic E-state index is -4.25. The van der Waals surface area contributed by atoms with Gasteiger partial charge < -0.3 is 25.3 Å². The molecule has 0 heterocycles. The molecule has 12 heteroatoms. The smallest absolute Gasteiger partial charge is 0.444 e. The molecular weight excluding hydrogens is 504 g/mol. The molecule has 3 N–H and O–H groups in total. The van der Waals surface area contributed by atoms with Crippen molar-refractivity contribution in [1.82, 2.24) is 5.32 Å². The molecule has 0 fully saturated rings. The van der Waals surface area contributed by atoms with Crippen LogP contribution in [0, 0.1) is 6.92 Å². The molecule has 2 aromatic carbocycles. The molecule has 0 bridgehead atoms. The first kappa shape index (κ1) is 29.7. The molecule has 202 valence electrons. The third kappa shape index (κ3) is 10.6. The highest BCUT2D eigenvalue weighted by molar-refractivity contribution is 7.86. The van der Waals surface area contributed by atoms with Crippen molar-refractivity contribution in [2.45, 2.75) is 63.4 Å². The van der Waals surface area contributed by atoms with Gasteiger partial charge in [0.15, 0.2) is 0 Å². The molecule has 2 aromatic rings. The van der Waals surface area contributed by atoms with Gasteiger partial charge in [0, 0.05) is 13.0 Å². The number of benzene rings is 2. The predicted molar refractivity (Wildman–Crippen MR) is 133 cm³/mol. The van der Waals surface area contributed by atoms with Crippen LogP contribution in [0.25, 0.3) is 0 Å². The molecule has 0 saturated carbocycles. The van der Waals surface area contributed by atoms with Crippen LogP contribution in [-0.2, 0) is 39.9 Å². The first-order valence-electron chi connectivity index (χ1n) is 11.4. The first-order chi connectivity index (χ1) is 17.3. The van der Waals surface area contributed by atoms with E-state index >= 15 is 0 Å². The summed E-state index contributed by atoms with van der Waals surface area (Å²) in [6.07, 6.45) is -3.99. The van der Waals surface area contributed by atoms with Crippen LogP contribution in [0.4, 0.5) is 9.59 Å². The van der Waals surface area contributed by atoms with E-state index < -0.39 is 52.5 Å². The highest BCUT2D eigenvalue weighted by atomic mass is 32.2. The highest BCUT2D eigenvalue weighted by Crippen LogP contribution is 2.18. The van der Waals surface area contributed by atoms with Gasteiger partial charge in [-0.15, -0.1) is 0 Å². The number of hydrogen-bond acceptors (Lipinski definition) is 10. The Balaban J connectivity index is 2.13. The Morgan fingerprint density at radius 3 is 2.19 bits per heavy atom. The Morgan fingerprint density at radius 2 is 1.62 bits per heavy atom. The van der Waals surface area contributed by atoms with Crippen molar-refractivity contribution in [3.8, 4) is 0 Å². The minimum Gasteiger partial charge on any atom is -0.444 e. The van der Waals surface area contributed by atoms with Crippen molar-refractivity contribution in [2.75, 3.05) is 6.54 Å². The summed E-state index contributed by atoms with van der Waals surface area (Å²) in [6.45, 7) is 6.15. The lowest BCUT2D eigenvalue weighted by Gasteiger charge is -2.24. The first-order valence-corrected chi connectivity index (χ1v) is 12.8. The van der Waals surface area contributed by atoms with Crippen molar-refractivity contribution in [1.29, 1.82) is 0 Å². The monoisotopic (exact) mass is 536 g/mol. The quantitative estimate of drug-likeness (QED) is 0.262. The number of hydrogen-bond donors (Lipinski definition) is 2. The van der Waals surface area contributed by atoms with Gasteiger partial charge in [0.05, 0.1) is 11.0 Å². The van der Waals surface area contributed by atoms with E-state index in [9.17, 15) is 22.8 Å². The Bertz CT molecular complexity index is 1160. The summed E-state index contributed by atoms with van der Waals surface area (Å²) in [5.41, 5.74) is 6.31. The standard InChI is InChI=1S/C25H32N2O9S/c1-17-10-12-20(13-11-17)37(31,32)36-19(15-26)14-21(27-23(29)35-25(2,3)4)22(28)34-24(30)33-16-18-8-6-5-7-9-18/h5-13,19,21H,14-16,26H2,1-4H3,(H,27,29)/t19?,21-/m0/s1. The zero-order chi connectivity index (χ0) is 27.6. The topological polar surface area (TPSA) is 160 Å². The van der Waals surface area contributed by atoms with Crippen LogP contribution in [0.3, 0.4) is 0 Å². The van der Waals surface area contributed by atoms with E-state index in [1.807, 2.05) is 0 Å². The van der Waals surface area contributed by atoms with Gasteiger partial charge in [0.2, 0.25) is 0 Å². The van der Waals surface area contributed by atoms with Crippen LogP contribution in [0.15, 0.2) is 59.5 Å². The molecule has 0 aromatic heterocycles. The Morgan fingerprint density at radius 1 is 1.00 bits per heavy atom. The molecule has 1 amide bonds. The summed E-state index contributed by atoms with van der Waals surface area (Å²) in [5.74, 6) is -1.21. The third-order valence-electron chi connectivity index (χ3n) is 4.69. The summed E-state index contributed by atoms with van der Waals surface area (Å²) in [5, 5.41) is 2.28. The maximum atomic E-state index is 12.8. The van der Waals surface area contributed by atoms with Crippen LogP contribution in [0.1, 0.15) is 38.3 Å². The molecule has 0 aliphatic carbocycles. The molecular formula is C25H32N2O9S. The predicted octanol–water partition coefficient (Wildman–Crippen LogP) is 3.19. The number of carbonyl (C=O) groups is 3. The SMILES string of the molecule is Cc1ccc(S(=O)(=O)OC(CN)C[C@H](NC(=O)OC(C)(C)C)C(=O)OC(=O)OCc2ccccc2)cc1. The summed E-state index contributed by atoms with van der Waals surface area (Å²) in [6, 6.07) is 13.1. The van der Waals surface area contributed by atoms with Crippen LogP contribution in [0.5, 0.6) is 0 Å². The molecule has 1 unspecified atom stereocenters. The van der Waals surface area contributed by atoms with Crippen LogP contribution >= 0.6 is 0 Å². The molecule has 0 radical (unpaired) electrons. The molecule has 0 saturated heterocycles. The Kier molecular flexibility index (Phi) is 10.6. The highest BCUT2D eigenvalue weighted by Gasteiger charge is 2.32. The van der Waals surface area contributed by atoms with Crippen molar-refractivity contribution in [3.63, 3.8) is 0 Å². The maximum Gasteiger partial charge on any atom is 0.516 e. The lowest BCUT2D eigenvalue weighted by atomic mass is 10.1. The van der Waals surface area contributed by atoms with Gasteiger partial charge in [0.25, 0.3) is 10.1 Å². The Labute approximate surface area is 216 Å². The minimum absolute atomic E-state index is 0.111. The number of esters is 1. The number of carbonyl (C=O) groups excluding carboxylic acids is 3. The number of nitrogens with one attached hydrogen (secondary N) is 1. The van der Waals surface area contributed by atoms with E-state index in [2.05, 4.69) is 5.32 Å². The van der Waals surface area contributed by atoms with Crippen LogP contribution < -0.4 is 11.1 Å². The molecule has 0 spiro atoms. The zero-order valence-corrected chi connectivity index (χ0v) is 21.9. The fraction of sp³-hybridized carbons (Fsp3) is 0.400. The van der Waals surface area contributed by atoms with Gasteiger partial charge in [-0.05, 0) is 45.4 Å². The summed E-state index contributed by atoms with van der Waals surface area (Å²) in [7, 11) is -4.25. The van der Waals surface area contributed by atoms with Crippen molar-refractivity contribution in [2.24, 2.45) is 5.73 Å². The number of aryl methyl sites for hydroxylation is 1. The summed E-state index contributed by atoms with van der Waals surface area (Å²) < 4.78 is 45.4. The van der Waals surface area contributed by atoms with E-state index in [1.165, 1.54) is 12.1 Å². The second kappa shape index (κ2) is 13.2. The largest absolute Gasteiger partial charge is 0.516 e. The van der Waals surface area contributed by atoms with Gasteiger partial charge >= 0.3 is 18.2 Å². The van der Waals surface area contributed by atoms with E-state index in [4.69, 9.17) is 24.1 Å². The molecule has 11 nitrogen and oxygen atoms in total. The van der Waals surface area contributed by atoms with Gasteiger partial charge in [-0.1, -0.05) is 48.0 Å². The number of amides is 1. The van der Waals surface area contributed by atoms with Gasteiger partial charge in [-0.3, -0.25) is 4.18 Å². The summed E-state index contributed by atoms with van der Waals surface area (Å²) >= 11 is 0. The summed E-state index contributed by atoms with van der Waals surface area (Å²) in [4.78, 5) is 37.1. The fourth-order valence-corrected chi connectivity index (χ4v) is 4.04. The van der Waals surface area contributed by atoms with Gasteiger partial charge in [-0.25, -0.2) is 14.4 Å². The number of rotatable bonds is 10. The van der Waals surface area contributed by atoms with Gasteiger partial charge in [0.1, 0.15) is 18.2 Å². The second-order valence-electron chi connectivity index (χ2n) is 9.10. The van der Waals surface area contributed by atoms with Crippen molar-refractivity contribution >= 4 is 28.3 Å². The average molecular weight is 537 g/mol. The number of ether oxygens (including phenoxy) is 3. The number of alkyl carbamates (subject to hydrolysis) is 1. The van der Waals surface area contributed by atoms with E-state index in [0.29, 0.717) is 5.56 Å². The third-order valence-corrected chi connectivity index (χ3v) is 6.07. The maximum absolute atomic E-state index is 12.8.